The zero-order chi connectivity index (χ0) is 16.5. The predicted octanol–water partition coefficient (Wildman–Crippen LogP) is 3.93. The van der Waals surface area contributed by atoms with E-state index in [0.29, 0.717) is 11.3 Å². The molecule has 1 saturated carbocycles. The highest BCUT2D eigenvalue weighted by molar-refractivity contribution is 5.95. The van der Waals surface area contributed by atoms with E-state index >= 15 is 0 Å². The van der Waals surface area contributed by atoms with Crippen LogP contribution >= 0.6 is 12.4 Å². The lowest BCUT2D eigenvalue weighted by Crippen LogP contribution is -2.31. The molecular weight excluding hydrogens is 341 g/mol. The molecule has 7 heteroatoms. The first-order valence-electron chi connectivity index (χ1n) is 8.05. The molecule has 2 aliphatic rings. The monoisotopic (exact) mass is 362 g/mol. The van der Waals surface area contributed by atoms with Crippen LogP contribution in [0.2, 0.25) is 0 Å². The van der Waals surface area contributed by atoms with Crippen molar-refractivity contribution in [2.45, 2.75) is 38.3 Å². The minimum atomic E-state index is -4.14. The number of alkyl halides is 3. The van der Waals surface area contributed by atoms with Gasteiger partial charge in [0, 0.05) is 18.0 Å². The van der Waals surface area contributed by atoms with Crippen molar-refractivity contribution in [2.75, 3.05) is 18.4 Å². The Kier molecular flexibility index (Phi) is 5.81. The van der Waals surface area contributed by atoms with Gasteiger partial charge >= 0.3 is 6.18 Å². The molecule has 1 spiro atoms. The van der Waals surface area contributed by atoms with Gasteiger partial charge in [0.25, 0.3) is 0 Å². The van der Waals surface area contributed by atoms with Gasteiger partial charge in [0.1, 0.15) is 0 Å². The molecule has 1 aliphatic carbocycles. The maximum Gasteiger partial charge on any atom is 0.389 e. The zero-order valence-corrected chi connectivity index (χ0v) is 14.1. The molecule has 1 aliphatic heterocycles. The maximum absolute atomic E-state index is 12.3. The Hall–Kier alpha value is -1.27. The molecule has 134 valence electrons. The van der Waals surface area contributed by atoms with Crippen molar-refractivity contribution >= 4 is 24.0 Å². The van der Waals surface area contributed by atoms with E-state index in [4.69, 9.17) is 0 Å². The lowest BCUT2D eigenvalue weighted by atomic mass is 9.92. The fourth-order valence-electron chi connectivity index (χ4n) is 3.47. The van der Waals surface area contributed by atoms with Crippen LogP contribution in [-0.4, -0.2) is 25.2 Å². The summed E-state index contributed by atoms with van der Waals surface area (Å²) in [6.45, 7) is 1.94. The predicted molar refractivity (Wildman–Crippen MR) is 89.3 cm³/mol. The van der Waals surface area contributed by atoms with Gasteiger partial charge in [-0.2, -0.15) is 13.2 Å². The van der Waals surface area contributed by atoms with Crippen molar-refractivity contribution in [1.29, 1.82) is 0 Å². The molecule has 24 heavy (non-hydrogen) atoms. The van der Waals surface area contributed by atoms with Crippen LogP contribution in [0.1, 0.15) is 31.2 Å². The van der Waals surface area contributed by atoms with Crippen LogP contribution in [0.25, 0.3) is 0 Å². The molecule has 1 aromatic rings. The normalized spacial score (nSPS) is 21.9. The molecule has 0 bridgehead atoms. The summed E-state index contributed by atoms with van der Waals surface area (Å²) in [4.78, 5) is 12.3. The second kappa shape index (κ2) is 7.31. The highest BCUT2D eigenvalue weighted by atomic mass is 35.5. The Balaban J connectivity index is 0.00000208. The number of halogens is 4. The Bertz CT molecular complexity index is 568. The van der Waals surface area contributed by atoms with E-state index in [1.807, 2.05) is 0 Å². The number of hydrogen-bond donors (Lipinski definition) is 2. The van der Waals surface area contributed by atoms with E-state index in [1.165, 1.54) is 0 Å². The molecule has 1 heterocycles. The van der Waals surface area contributed by atoms with Gasteiger partial charge in [0.05, 0.1) is 0 Å². The van der Waals surface area contributed by atoms with Crippen molar-refractivity contribution in [3.8, 4) is 0 Å². The summed E-state index contributed by atoms with van der Waals surface area (Å²) in [5.41, 5.74) is 1.46. The van der Waals surface area contributed by atoms with E-state index in [2.05, 4.69) is 10.6 Å². The first kappa shape index (κ1) is 19.1. The minimum absolute atomic E-state index is 0. The molecule has 1 saturated heterocycles. The van der Waals surface area contributed by atoms with Crippen LogP contribution in [0.15, 0.2) is 24.3 Å². The average molecular weight is 363 g/mol. The standard InChI is InChI=1S/C17H21F3N2O.ClH/c18-17(19,20)6-5-12-1-3-13(4-2-12)22-15(23)14-11-16(14)7-9-21-10-8-16;/h1-4,14,21H,5-11H2,(H,22,23);1H. The summed E-state index contributed by atoms with van der Waals surface area (Å²) < 4.78 is 36.6. The quantitative estimate of drug-likeness (QED) is 0.852. The molecule has 0 radical (unpaired) electrons. The number of benzene rings is 1. The van der Waals surface area contributed by atoms with Crippen LogP contribution < -0.4 is 10.6 Å². The minimum Gasteiger partial charge on any atom is -0.326 e. The smallest absolute Gasteiger partial charge is 0.326 e. The number of anilines is 1. The Morgan fingerprint density at radius 2 is 1.83 bits per heavy atom. The molecule has 2 fully saturated rings. The van der Waals surface area contributed by atoms with Gasteiger partial charge < -0.3 is 10.6 Å². The van der Waals surface area contributed by atoms with Gasteiger partial charge in [0.15, 0.2) is 0 Å². The average Bonchev–Trinajstić information content (AvgIpc) is 3.20. The third-order valence-corrected chi connectivity index (χ3v) is 5.02. The summed E-state index contributed by atoms with van der Waals surface area (Å²) in [5, 5.41) is 6.20. The molecule has 1 amide bonds. The summed E-state index contributed by atoms with van der Waals surface area (Å²) in [7, 11) is 0. The highest BCUT2D eigenvalue weighted by Crippen LogP contribution is 2.58. The zero-order valence-electron chi connectivity index (χ0n) is 13.3. The van der Waals surface area contributed by atoms with Gasteiger partial charge in [-0.1, -0.05) is 12.1 Å². The molecule has 3 nitrogen and oxygen atoms in total. The molecule has 1 unspecified atom stereocenters. The Labute approximate surface area is 145 Å². The van der Waals surface area contributed by atoms with Crippen LogP contribution in [0, 0.1) is 11.3 Å². The van der Waals surface area contributed by atoms with E-state index < -0.39 is 12.6 Å². The molecule has 1 aromatic carbocycles. The number of amides is 1. The second-order valence-electron chi connectivity index (χ2n) is 6.67. The van der Waals surface area contributed by atoms with Crippen LogP contribution in [0.3, 0.4) is 0 Å². The third kappa shape index (κ3) is 4.63. The topological polar surface area (TPSA) is 41.1 Å². The fourth-order valence-corrected chi connectivity index (χ4v) is 3.47. The van der Waals surface area contributed by atoms with E-state index in [1.54, 1.807) is 24.3 Å². The van der Waals surface area contributed by atoms with Crippen LogP contribution in [0.5, 0.6) is 0 Å². The van der Waals surface area contributed by atoms with Crippen molar-refractivity contribution in [3.05, 3.63) is 29.8 Å². The van der Waals surface area contributed by atoms with Gasteiger partial charge in [0.2, 0.25) is 5.91 Å². The van der Waals surface area contributed by atoms with Crippen molar-refractivity contribution in [2.24, 2.45) is 11.3 Å². The number of carbonyl (C=O) groups is 1. The molecule has 1 atom stereocenters. The lowest BCUT2D eigenvalue weighted by molar-refractivity contribution is -0.134. The molecule has 0 aromatic heterocycles. The number of carbonyl (C=O) groups excluding carboxylic acids is 1. The first-order valence-corrected chi connectivity index (χ1v) is 8.05. The summed E-state index contributed by atoms with van der Waals surface area (Å²) in [5.74, 6) is 0.115. The van der Waals surface area contributed by atoms with Crippen molar-refractivity contribution in [1.82, 2.24) is 5.32 Å². The summed E-state index contributed by atoms with van der Waals surface area (Å²) in [6, 6.07) is 6.66. The number of nitrogens with one attached hydrogen (secondary N) is 2. The Morgan fingerprint density at radius 3 is 2.42 bits per heavy atom. The van der Waals surface area contributed by atoms with Gasteiger partial charge in [-0.25, -0.2) is 0 Å². The number of piperidine rings is 1. The second-order valence-corrected chi connectivity index (χ2v) is 6.67. The van der Waals surface area contributed by atoms with Crippen LogP contribution in [0.4, 0.5) is 18.9 Å². The lowest BCUT2D eigenvalue weighted by Gasteiger charge is -2.23. The van der Waals surface area contributed by atoms with Gasteiger partial charge in [-0.3, -0.25) is 4.79 Å². The van der Waals surface area contributed by atoms with Crippen molar-refractivity contribution < 1.29 is 18.0 Å². The van der Waals surface area contributed by atoms with E-state index in [-0.39, 0.29) is 36.1 Å². The number of aryl methyl sites for hydroxylation is 1. The maximum atomic E-state index is 12.3. The van der Waals surface area contributed by atoms with Crippen molar-refractivity contribution in [3.63, 3.8) is 0 Å². The summed E-state index contributed by atoms with van der Waals surface area (Å²) in [6.07, 6.45) is -1.96. The van der Waals surface area contributed by atoms with Gasteiger partial charge in [-0.15, -0.1) is 12.4 Å². The fraction of sp³-hybridized carbons (Fsp3) is 0.588. The number of hydrogen-bond acceptors (Lipinski definition) is 2. The molecule has 3 rings (SSSR count). The summed E-state index contributed by atoms with van der Waals surface area (Å²) >= 11 is 0. The largest absolute Gasteiger partial charge is 0.389 e. The van der Waals surface area contributed by atoms with Crippen LogP contribution in [-0.2, 0) is 11.2 Å². The van der Waals surface area contributed by atoms with Gasteiger partial charge in [-0.05, 0) is 61.9 Å². The Morgan fingerprint density at radius 1 is 1.21 bits per heavy atom. The molecule has 2 N–H and O–H groups in total. The van der Waals surface area contributed by atoms with E-state index in [0.717, 1.165) is 32.4 Å². The third-order valence-electron chi connectivity index (χ3n) is 5.02. The SMILES string of the molecule is Cl.O=C(Nc1ccc(CCC(F)(F)F)cc1)C1CC12CCNCC2. The van der Waals surface area contributed by atoms with E-state index in [9.17, 15) is 18.0 Å². The molecular formula is C17H22ClF3N2O. The number of rotatable bonds is 4. The first-order chi connectivity index (χ1) is 10.9. The highest BCUT2D eigenvalue weighted by Gasteiger charge is 2.57.